The zero-order valence-electron chi connectivity index (χ0n) is 12.7. The van der Waals surface area contributed by atoms with E-state index in [-0.39, 0.29) is 12.5 Å². The summed E-state index contributed by atoms with van der Waals surface area (Å²) in [5.41, 5.74) is 4.60. The van der Waals surface area contributed by atoms with Crippen molar-refractivity contribution in [3.8, 4) is 11.8 Å². The first kappa shape index (κ1) is 16.8. The lowest BCUT2D eigenvalue weighted by atomic mass is 10.3. The number of aromatic nitrogens is 1. The van der Waals surface area contributed by atoms with Crippen LogP contribution in [0.25, 0.3) is 0 Å². The molecule has 1 heterocycles. The first-order chi connectivity index (χ1) is 11.0. The number of benzene rings is 1. The fourth-order valence-electron chi connectivity index (χ4n) is 1.85. The van der Waals surface area contributed by atoms with Gasteiger partial charge < -0.3 is 9.30 Å². The van der Waals surface area contributed by atoms with E-state index in [0.717, 1.165) is 15.7 Å². The van der Waals surface area contributed by atoms with Gasteiger partial charge in [-0.2, -0.15) is 10.4 Å². The normalized spacial score (nSPS) is 10.5. The molecule has 0 bridgehead atoms. The number of nitrogens with zero attached hydrogens (tertiary/aromatic N) is 3. The van der Waals surface area contributed by atoms with Crippen LogP contribution >= 0.6 is 15.9 Å². The number of carbonyl (C=O) groups is 1. The van der Waals surface area contributed by atoms with Crippen molar-refractivity contribution in [2.45, 2.75) is 6.92 Å². The summed E-state index contributed by atoms with van der Waals surface area (Å²) < 4.78 is 8.04. The number of hydrogen-bond donors (Lipinski definition) is 1. The molecule has 0 atom stereocenters. The molecule has 0 saturated heterocycles. The molecule has 6 nitrogen and oxygen atoms in total. The lowest BCUT2D eigenvalue weighted by Gasteiger charge is -2.04. The average Bonchev–Trinajstić information content (AvgIpc) is 2.82. The van der Waals surface area contributed by atoms with Gasteiger partial charge in [0.15, 0.2) is 6.61 Å². The summed E-state index contributed by atoms with van der Waals surface area (Å²) in [4.78, 5) is 11.7. The Morgan fingerprint density at radius 3 is 2.78 bits per heavy atom. The van der Waals surface area contributed by atoms with Crippen molar-refractivity contribution < 1.29 is 9.53 Å². The first-order valence-corrected chi connectivity index (χ1v) is 7.57. The van der Waals surface area contributed by atoms with Gasteiger partial charge in [-0.3, -0.25) is 4.79 Å². The third kappa shape index (κ3) is 4.44. The largest absolute Gasteiger partial charge is 0.484 e. The Hall–Kier alpha value is -2.59. The highest BCUT2D eigenvalue weighted by atomic mass is 79.9. The van der Waals surface area contributed by atoms with E-state index in [0.29, 0.717) is 11.4 Å². The zero-order valence-corrected chi connectivity index (χ0v) is 14.3. The van der Waals surface area contributed by atoms with E-state index in [2.05, 4.69) is 32.5 Å². The number of nitrogens with one attached hydrogen (secondary N) is 1. The summed E-state index contributed by atoms with van der Waals surface area (Å²) in [6.45, 7) is 1.75. The Balaban J connectivity index is 1.87. The molecular formula is C16H15BrN4O2. The van der Waals surface area contributed by atoms with Gasteiger partial charge in [0, 0.05) is 22.8 Å². The second kappa shape index (κ2) is 7.61. The lowest BCUT2D eigenvalue weighted by molar-refractivity contribution is -0.123. The molecule has 1 aromatic carbocycles. The van der Waals surface area contributed by atoms with Crippen molar-refractivity contribution in [1.29, 1.82) is 5.26 Å². The summed E-state index contributed by atoms with van der Waals surface area (Å²) in [6.07, 6.45) is 1.51. The number of hydrogen-bond acceptors (Lipinski definition) is 4. The molecule has 0 aliphatic carbocycles. The number of amides is 1. The highest BCUT2D eigenvalue weighted by Crippen LogP contribution is 2.15. The van der Waals surface area contributed by atoms with Crippen molar-refractivity contribution >= 4 is 28.1 Å². The average molecular weight is 375 g/mol. The van der Waals surface area contributed by atoms with Gasteiger partial charge in [0.2, 0.25) is 0 Å². The van der Waals surface area contributed by atoms with Crippen molar-refractivity contribution in [2.24, 2.45) is 12.1 Å². The van der Waals surface area contributed by atoms with Crippen LogP contribution in [0.3, 0.4) is 0 Å². The van der Waals surface area contributed by atoms with Crippen molar-refractivity contribution in [3.63, 3.8) is 0 Å². The molecule has 1 aromatic heterocycles. The summed E-state index contributed by atoms with van der Waals surface area (Å²) >= 11 is 3.32. The quantitative estimate of drug-likeness (QED) is 0.644. The predicted molar refractivity (Wildman–Crippen MR) is 90.2 cm³/mol. The fraction of sp³-hybridized carbons (Fsp3) is 0.188. The fourth-order valence-corrected chi connectivity index (χ4v) is 2.11. The molecule has 0 aliphatic heterocycles. The van der Waals surface area contributed by atoms with Gasteiger partial charge in [-0.1, -0.05) is 15.9 Å². The summed E-state index contributed by atoms with van der Waals surface area (Å²) in [5.74, 6) is 0.239. The number of nitriles is 1. The van der Waals surface area contributed by atoms with Crippen LogP contribution in [-0.2, 0) is 11.8 Å². The first-order valence-electron chi connectivity index (χ1n) is 6.78. The minimum Gasteiger partial charge on any atom is -0.484 e. The Morgan fingerprint density at radius 2 is 2.17 bits per heavy atom. The monoisotopic (exact) mass is 374 g/mol. The summed E-state index contributed by atoms with van der Waals surface area (Å²) in [5, 5.41) is 12.8. The number of rotatable bonds is 5. The van der Waals surface area contributed by atoms with Gasteiger partial charge in [0.25, 0.3) is 5.91 Å². The van der Waals surface area contributed by atoms with Gasteiger partial charge in [-0.25, -0.2) is 5.43 Å². The number of carbonyl (C=O) groups excluding carboxylic acids is 1. The van der Waals surface area contributed by atoms with Gasteiger partial charge >= 0.3 is 0 Å². The maximum Gasteiger partial charge on any atom is 0.277 e. The van der Waals surface area contributed by atoms with E-state index in [9.17, 15) is 4.79 Å². The van der Waals surface area contributed by atoms with Crippen molar-refractivity contribution in [2.75, 3.05) is 6.61 Å². The molecule has 23 heavy (non-hydrogen) atoms. The molecular weight excluding hydrogens is 360 g/mol. The number of hydrazone groups is 1. The van der Waals surface area contributed by atoms with Crippen LogP contribution in [0.1, 0.15) is 17.0 Å². The maximum atomic E-state index is 11.7. The third-order valence-electron chi connectivity index (χ3n) is 3.27. The second-order valence-corrected chi connectivity index (χ2v) is 5.69. The van der Waals surface area contributed by atoms with Crippen LogP contribution < -0.4 is 10.2 Å². The Morgan fingerprint density at radius 1 is 1.48 bits per heavy atom. The summed E-state index contributed by atoms with van der Waals surface area (Å²) in [6, 6.07) is 11.0. The molecule has 0 saturated carbocycles. The van der Waals surface area contributed by atoms with Gasteiger partial charge in [-0.05, 0) is 37.3 Å². The molecule has 1 amide bonds. The molecule has 2 rings (SSSR count). The number of ether oxygens (including phenoxy) is 1. The van der Waals surface area contributed by atoms with Crippen LogP contribution in [0.2, 0.25) is 0 Å². The molecule has 1 N–H and O–H groups in total. The van der Waals surface area contributed by atoms with E-state index in [1.165, 1.54) is 6.21 Å². The van der Waals surface area contributed by atoms with Crippen LogP contribution in [0.15, 0.2) is 39.9 Å². The highest BCUT2D eigenvalue weighted by molar-refractivity contribution is 9.10. The van der Waals surface area contributed by atoms with Crippen LogP contribution in [0.5, 0.6) is 5.75 Å². The summed E-state index contributed by atoms with van der Waals surface area (Å²) in [7, 11) is 1.80. The highest BCUT2D eigenvalue weighted by Gasteiger charge is 2.07. The second-order valence-electron chi connectivity index (χ2n) is 4.78. The zero-order chi connectivity index (χ0) is 16.8. The van der Waals surface area contributed by atoms with E-state index in [4.69, 9.17) is 10.00 Å². The molecule has 118 valence electrons. The van der Waals surface area contributed by atoms with Gasteiger partial charge in [0.1, 0.15) is 17.5 Å². The smallest absolute Gasteiger partial charge is 0.277 e. The minimum atomic E-state index is -0.363. The Labute approximate surface area is 142 Å². The number of halogens is 1. The minimum absolute atomic E-state index is 0.129. The molecule has 0 fully saturated rings. The molecule has 7 heteroatoms. The third-order valence-corrected chi connectivity index (χ3v) is 3.79. The molecule has 0 unspecified atom stereocenters. The van der Waals surface area contributed by atoms with E-state index in [1.54, 1.807) is 29.8 Å². The van der Waals surface area contributed by atoms with Crippen molar-refractivity contribution in [1.82, 2.24) is 9.99 Å². The standard InChI is InChI=1S/C16H15BrN4O2/c1-11-12(7-14(8-18)21(11)2)9-19-20-16(22)10-23-15-5-3-13(17)4-6-15/h3-7,9H,10H2,1-2H3,(H,20,22)/b19-9-. The lowest BCUT2D eigenvalue weighted by Crippen LogP contribution is -2.24. The predicted octanol–water partition coefficient (Wildman–Crippen LogP) is 2.50. The van der Waals surface area contributed by atoms with Crippen LogP contribution in [0, 0.1) is 18.3 Å². The SMILES string of the molecule is Cc1c(/C=N\NC(=O)COc2ccc(Br)cc2)cc(C#N)n1C. The van der Waals surface area contributed by atoms with Gasteiger partial charge in [0.05, 0.1) is 6.21 Å². The Kier molecular flexibility index (Phi) is 5.55. The topological polar surface area (TPSA) is 79.4 Å². The Bertz CT molecular complexity index is 773. The van der Waals surface area contributed by atoms with E-state index < -0.39 is 0 Å². The maximum absolute atomic E-state index is 11.7. The van der Waals surface area contributed by atoms with E-state index in [1.807, 2.05) is 19.1 Å². The van der Waals surface area contributed by atoms with Crippen LogP contribution in [-0.4, -0.2) is 23.3 Å². The molecule has 2 aromatic rings. The van der Waals surface area contributed by atoms with Gasteiger partial charge in [-0.15, -0.1) is 0 Å². The molecule has 0 spiro atoms. The molecule has 0 aliphatic rings. The van der Waals surface area contributed by atoms with Crippen LogP contribution in [0.4, 0.5) is 0 Å². The van der Waals surface area contributed by atoms with Crippen molar-refractivity contribution in [3.05, 3.63) is 51.8 Å². The molecule has 0 radical (unpaired) electrons. The van der Waals surface area contributed by atoms with E-state index >= 15 is 0 Å².